The second kappa shape index (κ2) is 7.66. The smallest absolute Gasteiger partial charge is 0.422 e. The summed E-state index contributed by atoms with van der Waals surface area (Å²) in [6.45, 7) is 0.604. The first-order chi connectivity index (χ1) is 9.83. The molecule has 0 aromatic heterocycles. The lowest BCUT2D eigenvalue weighted by Gasteiger charge is -2.08. The largest absolute Gasteiger partial charge is 0.462 e. The molecule has 0 heterocycles. The summed E-state index contributed by atoms with van der Waals surface area (Å²) < 4.78 is 44.8. The van der Waals surface area contributed by atoms with Crippen molar-refractivity contribution in [1.82, 2.24) is 0 Å². The lowest BCUT2D eigenvalue weighted by atomic mass is 10.1. The molecule has 0 aliphatic heterocycles. The van der Waals surface area contributed by atoms with Crippen molar-refractivity contribution >= 4 is 11.9 Å². The number of ether oxygens (including phenoxy) is 2. The fourth-order valence-corrected chi connectivity index (χ4v) is 1.37. The van der Waals surface area contributed by atoms with E-state index in [1.807, 2.05) is 6.92 Å². The first kappa shape index (κ1) is 17.0. The predicted molar refractivity (Wildman–Crippen MR) is 68.0 cm³/mol. The molecule has 0 N–H and O–H groups in total. The molecule has 0 amide bonds. The molecule has 0 bridgehead atoms. The Morgan fingerprint density at radius 1 is 1.00 bits per heavy atom. The second-order valence-electron chi connectivity index (χ2n) is 4.26. The van der Waals surface area contributed by atoms with Crippen molar-refractivity contribution in [3.8, 4) is 0 Å². The van der Waals surface area contributed by atoms with Gasteiger partial charge in [-0.3, -0.25) is 0 Å². The van der Waals surface area contributed by atoms with E-state index in [9.17, 15) is 22.8 Å². The number of esters is 2. The molecule has 0 aliphatic carbocycles. The molecule has 1 rings (SSSR count). The van der Waals surface area contributed by atoms with Crippen LogP contribution in [0.2, 0.25) is 0 Å². The highest BCUT2D eigenvalue weighted by molar-refractivity contribution is 5.93. The van der Waals surface area contributed by atoms with Gasteiger partial charge in [-0.2, -0.15) is 13.2 Å². The molecule has 7 heteroatoms. The van der Waals surface area contributed by atoms with Gasteiger partial charge in [-0.05, 0) is 30.7 Å². The van der Waals surface area contributed by atoms with Crippen molar-refractivity contribution in [2.75, 3.05) is 13.2 Å². The van der Waals surface area contributed by atoms with Crippen molar-refractivity contribution in [3.63, 3.8) is 0 Å². The zero-order chi connectivity index (χ0) is 15.9. The minimum absolute atomic E-state index is 0.0654. The molecular weight excluding hydrogens is 289 g/mol. The Kier molecular flexibility index (Phi) is 6.20. The van der Waals surface area contributed by atoms with Crippen LogP contribution in [0.25, 0.3) is 0 Å². The molecule has 0 unspecified atom stereocenters. The van der Waals surface area contributed by atoms with Crippen LogP contribution in [0.3, 0.4) is 0 Å². The van der Waals surface area contributed by atoms with Gasteiger partial charge in [0.2, 0.25) is 0 Å². The third-order valence-electron chi connectivity index (χ3n) is 2.45. The first-order valence-electron chi connectivity index (χ1n) is 6.34. The summed E-state index contributed by atoms with van der Waals surface area (Å²) in [6, 6.07) is 5.04. The van der Waals surface area contributed by atoms with E-state index < -0.39 is 24.7 Å². The molecule has 0 saturated carbocycles. The highest BCUT2D eigenvalue weighted by Gasteiger charge is 2.29. The number of carbonyl (C=O) groups excluding carboxylic acids is 2. The van der Waals surface area contributed by atoms with E-state index in [1.54, 1.807) is 0 Å². The van der Waals surface area contributed by atoms with Gasteiger partial charge >= 0.3 is 18.1 Å². The predicted octanol–water partition coefficient (Wildman–Crippen LogP) is 3.36. The minimum atomic E-state index is -4.57. The molecule has 1 aromatic carbocycles. The van der Waals surface area contributed by atoms with Gasteiger partial charge in [0.05, 0.1) is 17.7 Å². The van der Waals surface area contributed by atoms with E-state index in [-0.39, 0.29) is 11.1 Å². The van der Waals surface area contributed by atoms with E-state index in [4.69, 9.17) is 4.74 Å². The Balaban J connectivity index is 2.57. The number of carbonyl (C=O) groups is 2. The van der Waals surface area contributed by atoms with Crippen LogP contribution in [0.5, 0.6) is 0 Å². The fraction of sp³-hybridized carbons (Fsp3) is 0.429. The summed E-state index contributed by atoms with van der Waals surface area (Å²) in [5.74, 6) is -1.64. The summed E-state index contributed by atoms with van der Waals surface area (Å²) in [5.41, 5.74) is 0.155. The van der Waals surface area contributed by atoms with Crippen molar-refractivity contribution in [2.24, 2.45) is 0 Å². The van der Waals surface area contributed by atoms with Crippen LogP contribution in [0.15, 0.2) is 24.3 Å². The number of hydrogen-bond acceptors (Lipinski definition) is 4. The third-order valence-corrected chi connectivity index (χ3v) is 2.45. The normalized spacial score (nSPS) is 11.0. The van der Waals surface area contributed by atoms with Crippen molar-refractivity contribution in [2.45, 2.75) is 25.9 Å². The standard InChI is InChI=1S/C14H15F3O4/c1-2-3-8-20-12(18)10-4-6-11(7-5-10)13(19)21-9-14(15,16)17/h4-7H,2-3,8-9H2,1H3. The van der Waals surface area contributed by atoms with Gasteiger partial charge in [-0.25, -0.2) is 9.59 Å². The molecule has 0 radical (unpaired) electrons. The molecule has 0 aliphatic rings. The van der Waals surface area contributed by atoms with Crippen LogP contribution in [0.1, 0.15) is 40.5 Å². The van der Waals surface area contributed by atoms with Crippen molar-refractivity contribution < 1.29 is 32.2 Å². The van der Waals surface area contributed by atoms with Crippen LogP contribution in [0, 0.1) is 0 Å². The number of alkyl halides is 3. The van der Waals surface area contributed by atoms with Crippen LogP contribution < -0.4 is 0 Å². The lowest BCUT2D eigenvalue weighted by molar-refractivity contribution is -0.161. The minimum Gasteiger partial charge on any atom is -0.462 e. The Bertz CT molecular complexity index is 480. The molecule has 21 heavy (non-hydrogen) atoms. The van der Waals surface area contributed by atoms with Crippen LogP contribution in [0.4, 0.5) is 13.2 Å². The number of unbranched alkanes of at least 4 members (excludes halogenated alkanes) is 1. The molecule has 0 atom stereocenters. The highest BCUT2D eigenvalue weighted by Crippen LogP contribution is 2.16. The summed E-state index contributed by atoms with van der Waals surface area (Å²) >= 11 is 0. The summed E-state index contributed by atoms with van der Waals surface area (Å²) in [5, 5.41) is 0. The van der Waals surface area contributed by atoms with Gasteiger partial charge < -0.3 is 9.47 Å². The van der Waals surface area contributed by atoms with Gasteiger partial charge in [0, 0.05) is 0 Å². The zero-order valence-electron chi connectivity index (χ0n) is 11.4. The van der Waals surface area contributed by atoms with Crippen molar-refractivity contribution in [1.29, 1.82) is 0 Å². The molecular formula is C14H15F3O4. The maximum absolute atomic E-state index is 11.9. The SMILES string of the molecule is CCCCOC(=O)c1ccc(C(=O)OCC(F)(F)F)cc1. The van der Waals surface area contributed by atoms with Gasteiger partial charge in [-0.1, -0.05) is 13.3 Å². The van der Waals surface area contributed by atoms with E-state index in [1.165, 1.54) is 24.3 Å². The van der Waals surface area contributed by atoms with E-state index in [0.29, 0.717) is 6.61 Å². The second-order valence-corrected chi connectivity index (χ2v) is 4.26. The van der Waals surface area contributed by atoms with Gasteiger partial charge in [0.25, 0.3) is 0 Å². The van der Waals surface area contributed by atoms with E-state index >= 15 is 0 Å². The number of rotatable bonds is 6. The van der Waals surface area contributed by atoms with E-state index in [0.717, 1.165) is 12.8 Å². The number of halogens is 3. The summed E-state index contributed by atoms with van der Waals surface area (Å²) in [7, 11) is 0. The summed E-state index contributed by atoms with van der Waals surface area (Å²) in [6.07, 6.45) is -2.94. The van der Waals surface area contributed by atoms with Gasteiger partial charge in [0.1, 0.15) is 0 Å². The maximum atomic E-state index is 11.9. The third kappa shape index (κ3) is 6.29. The fourth-order valence-electron chi connectivity index (χ4n) is 1.37. The molecule has 1 aromatic rings. The molecule has 0 spiro atoms. The van der Waals surface area contributed by atoms with Crippen LogP contribution >= 0.6 is 0 Å². The highest BCUT2D eigenvalue weighted by atomic mass is 19.4. The molecule has 0 saturated heterocycles. The van der Waals surface area contributed by atoms with Gasteiger partial charge in [-0.15, -0.1) is 0 Å². The summed E-state index contributed by atoms with van der Waals surface area (Å²) in [4.78, 5) is 22.9. The average molecular weight is 304 g/mol. The van der Waals surface area contributed by atoms with Gasteiger partial charge in [0.15, 0.2) is 6.61 Å². The maximum Gasteiger partial charge on any atom is 0.422 e. The number of hydrogen-bond donors (Lipinski definition) is 0. The van der Waals surface area contributed by atoms with Crippen LogP contribution in [-0.2, 0) is 9.47 Å². The topological polar surface area (TPSA) is 52.6 Å². The molecule has 116 valence electrons. The monoisotopic (exact) mass is 304 g/mol. The quantitative estimate of drug-likeness (QED) is 0.597. The first-order valence-corrected chi connectivity index (χ1v) is 6.34. The lowest BCUT2D eigenvalue weighted by Crippen LogP contribution is -2.20. The molecule has 4 nitrogen and oxygen atoms in total. The van der Waals surface area contributed by atoms with E-state index in [2.05, 4.69) is 4.74 Å². The zero-order valence-corrected chi connectivity index (χ0v) is 11.4. The van der Waals surface area contributed by atoms with Crippen LogP contribution in [-0.4, -0.2) is 31.3 Å². The average Bonchev–Trinajstić information content (AvgIpc) is 2.44. The number of benzene rings is 1. The van der Waals surface area contributed by atoms with Crippen molar-refractivity contribution in [3.05, 3.63) is 35.4 Å². The molecule has 0 fully saturated rings. The Morgan fingerprint density at radius 2 is 1.48 bits per heavy atom. The Hall–Kier alpha value is -2.05. The Morgan fingerprint density at radius 3 is 1.90 bits per heavy atom. The Labute approximate surface area is 119 Å².